The van der Waals surface area contributed by atoms with Gasteiger partial charge in [-0.3, -0.25) is 4.21 Å². The van der Waals surface area contributed by atoms with Crippen molar-refractivity contribution >= 4 is 39.7 Å². The van der Waals surface area contributed by atoms with Gasteiger partial charge in [0.25, 0.3) is 0 Å². The zero-order valence-electron chi connectivity index (χ0n) is 16.5. The molecule has 0 aromatic carbocycles. The molecule has 4 heterocycles. The first-order valence-electron chi connectivity index (χ1n) is 10.2. The highest BCUT2D eigenvalue weighted by atomic mass is 35.5. The van der Waals surface area contributed by atoms with Gasteiger partial charge in [-0.2, -0.15) is 4.98 Å². The third kappa shape index (κ3) is 3.59. The summed E-state index contributed by atoms with van der Waals surface area (Å²) in [6.45, 7) is 1.28. The highest BCUT2D eigenvalue weighted by Gasteiger charge is 2.38. The largest absolute Gasteiger partial charge is 0.394 e. The SMILES string of the molecule is O=[S@]1CCCc2nc(N3CC=C(c4ncc(Cl)cn4)C3)nc(NC3(CO)CCC3)c21. The fraction of sp³-hybridized carbons (Fsp3) is 0.500. The fourth-order valence-corrected chi connectivity index (χ4v) is 5.55. The topological polar surface area (TPSA) is 104 Å². The molecule has 0 radical (unpaired) electrons. The highest BCUT2D eigenvalue weighted by molar-refractivity contribution is 7.85. The number of hydrogen-bond donors (Lipinski definition) is 2. The van der Waals surface area contributed by atoms with Crippen LogP contribution in [0.25, 0.3) is 5.57 Å². The van der Waals surface area contributed by atoms with Gasteiger partial charge in [0.05, 0.1) is 33.7 Å². The van der Waals surface area contributed by atoms with Crippen LogP contribution in [0, 0.1) is 0 Å². The quantitative estimate of drug-likeness (QED) is 0.720. The van der Waals surface area contributed by atoms with Crippen LogP contribution in [0.2, 0.25) is 5.02 Å². The van der Waals surface area contributed by atoms with Crippen molar-refractivity contribution in [2.75, 3.05) is 35.7 Å². The van der Waals surface area contributed by atoms with Gasteiger partial charge in [0.15, 0.2) is 5.82 Å². The normalized spacial score (nSPS) is 22.3. The van der Waals surface area contributed by atoms with E-state index in [1.54, 1.807) is 12.4 Å². The third-order valence-corrected chi connectivity index (χ3v) is 7.74. The molecule has 2 aliphatic heterocycles. The second-order valence-electron chi connectivity index (χ2n) is 8.05. The molecule has 0 bridgehead atoms. The van der Waals surface area contributed by atoms with Crippen LogP contribution in [0.15, 0.2) is 23.4 Å². The van der Waals surface area contributed by atoms with Crippen LogP contribution < -0.4 is 10.2 Å². The summed E-state index contributed by atoms with van der Waals surface area (Å²) < 4.78 is 12.8. The molecule has 2 N–H and O–H groups in total. The number of aryl methyl sites for hydroxylation is 1. The monoisotopic (exact) mass is 446 g/mol. The Labute approximate surface area is 182 Å². The van der Waals surface area contributed by atoms with E-state index >= 15 is 0 Å². The first-order chi connectivity index (χ1) is 14.6. The number of nitrogens with one attached hydrogen (secondary N) is 1. The van der Waals surface area contributed by atoms with Crippen molar-refractivity contribution in [2.45, 2.75) is 42.5 Å². The molecular weight excluding hydrogens is 424 g/mol. The zero-order chi connectivity index (χ0) is 20.7. The molecule has 1 atom stereocenters. The summed E-state index contributed by atoms with van der Waals surface area (Å²) in [4.78, 5) is 20.9. The minimum atomic E-state index is -1.12. The maximum absolute atomic E-state index is 12.8. The van der Waals surface area contributed by atoms with Gasteiger partial charge < -0.3 is 15.3 Å². The van der Waals surface area contributed by atoms with Crippen molar-refractivity contribution in [1.82, 2.24) is 19.9 Å². The molecular formula is C20H23ClN6O2S. The van der Waals surface area contributed by atoms with Gasteiger partial charge in [-0.05, 0) is 32.1 Å². The molecule has 158 valence electrons. The lowest BCUT2D eigenvalue weighted by molar-refractivity contribution is 0.143. The minimum Gasteiger partial charge on any atom is -0.394 e. The molecule has 1 aliphatic carbocycles. The molecule has 30 heavy (non-hydrogen) atoms. The molecule has 0 unspecified atom stereocenters. The third-order valence-electron chi connectivity index (χ3n) is 6.00. The Morgan fingerprint density at radius 3 is 2.73 bits per heavy atom. The van der Waals surface area contributed by atoms with Crippen LogP contribution in [0.5, 0.6) is 0 Å². The van der Waals surface area contributed by atoms with Gasteiger partial charge in [-0.15, -0.1) is 0 Å². The summed E-state index contributed by atoms with van der Waals surface area (Å²) in [5, 5.41) is 13.8. The number of hydrogen-bond acceptors (Lipinski definition) is 8. The van der Waals surface area contributed by atoms with E-state index in [4.69, 9.17) is 21.6 Å². The van der Waals surface area contributed by atoms with Crippen LogP contribution >= 0.6 is 11.6 Å². The van der Waals surface area contributed by atoms with Crippen molar-refractivity contribution in [3.05, 3.63) is 35.0 Å². The van der Waals surface area contributed by atoms with E-state index in [2.05, 4.69) is 26.3 Å². The minimum absolute atomic E-state index is 0.0388. The Morgan fingerprint density at radius 1 is 1.23 bits per heavy atom. The average molecular weight is 447 g/mol. The van der Waals surface area contributed by atoms with E-state index in [1.165, 1.54) is 0 Å². The van der Waals surface area contributed by atoms with Gasteiger partial charge in [0.2, 0.25) is 5.95 Å². The van der Waals surface area contributed by atoms with Gasteiger partial charge in [0, 0.05) is 36.8 Å². The van der Waals surface area contributed by atoms with E-state index in [0.717, 1.165) is 43.4 Å². The van der Waals surface area contributed by atoms with Crippen LogP contribution in [-0.2, 0) is 17.2 Å². The van der Waals surface area contributed by atoms with E-state index in [-0.39, 0.29) is 12.1 Å². The zero-order valence-corrected chi connectivity index (χ0v) is 18.0. The van der Waals surface area contributed by atoms with Gasteiger partial charge in [-0.25, -0.2) is 15.0 Å². The number of anilines is 2. The molecule has 0 amide bonds. The molecule has 1 fully saturated rings. The predicted octanol–water partition coefficient (Wildman–Crippen LogP) is 2.20. The van der Waals surface area contributed by atoms with Crippen molar-refractivity contribution in [3.63, 3.8) is 0 Å². The summed E-state index contributed by atoms with van der Waals surface area (Å²) >= 11 is 5.90. The number of halogens is 1. The fourth-order valence-electron chi connectivity index (χ4n) is 4.12. The summed E-state index contributed by atoms with van der Waals surface area (Å²) in [5.74, 6) is 2.48. The molecule has 2 aromatic rings. The summed E-state index contributed by atoms with van der Waals surface area (Å²) in [5.41, 5.74) is 1.47. The second-order valence-corrected chi connectivity index (χ2v) is 10.00. The number of rotatable bonds is 5. The van der Waals surface area contributed by atoms with E-state index < -0.39 is 10.8 Å². The first kappa shape index (κ1) is 19.8. The maximum atomic E-state index is 12.8. The highest BCUT2D eigenvalue weighted by Crippen LogP contribution is 2.38. The van der Waals surface area contributed by atoms with E-state index in [1.807, 2.05) is 0 Å². The van der Waals surface area contributed by atoms with Crippen LogP contribution in [-0.4, -0.2) is 60.2 Å². The first-order valence-corrected chi connectivity index (χ1v) is 11.9. The Morgan fingerprint density at radius 2 is 2.03 bits per heavy atom. The molecule has 0 saturated heterocycles. The van der Waals surface area contributed by atoms with Gasteiger partial charge >= 0.3 is 0 Å². The van der Waals surface area contributed by atoms with Crippen LogP contribution in [0.1, 0.15) is 37.2 Å². The second kappa shape index (κ2) is 7.86. The van der Waals surface area contributed by atoms with Crippen molar-refractivity contribution in [1.29, 1.82) is 0 Å². The lowest BCUT2D eigenvalue weighted by Gasteiger charge is -2.42. The number of aliphatic hydroxyl groups is 1. The molecule has 3 aliphatic rings. The number of fused-ring (bicyclic) bond motifs is 1. The van der Waals surface area contributed by atoms with Crippen molar-refractivity contribution in [3.8, 4) is 0 Å². The van der Waals surface area contributed by atoms with Crippen molar-refractivity contribution < 1.29 is 9.32 Å². The standard InChI is InChI=1S/C20H23ClN6O2S/c21-14-9-22-17(23-10-14)13-4-7-27(11-13)19-24-15-3-1-8-30(29)16(15)18(25-19)26-20(12-28)5-2-6-20/h4,9-10,28H,1-3,5-8,11-12H2,(H,24,25,26)/t30-/m0/s1. The molecule has 1 saturated carbocycles. The van der Waals surface area contributed by atoms with E-state index in [9.17, 15) is 9.32 Å². The number of aromatic nitrogens is 4. The molecule has 2 aromatic heterocycles. The lowest BCUT2D eigenvalue weighted by Crippen LogP contribution is -2.49. The van der Waals surface area contributed by atoms with Crippen molar-refractivity contribution in [2.24, 2.45) is 0 Å². The van der Waals surface area contributed by atoms with Crippen LogP contribution in [0.3, 0.4) is 0 Å². The van der Waals surface area contributed by atoms with Gasteiger partial charge in [-0.1, -0.05) is 17.7 Å². The van der Waals surface area contributed by atoms with Gasteiger partial charge in [0.1, 0.15) is 10.7 Å². The average Bonchev–Trinajstić information content (AvgIpc) is 3.21. The van der Waals surface area contributed by atoms with E-state index in [0.29, 0.717) is 46.4 Å². The molecule has 10 heteroatoms. The molecule has 0 spiro atoms. The Kier molecular flexibility index (Phi) is 5.20. The Hall–Kier alpha value is -2.10. The smallest absolute Gasteiger partial charge is 0.228 e. The number of aliphatic hydroxyl groups excluding tert-OH is 1. The predicted molar refractivity (Wildman–Crippen MR) is 116 cm³/mol. The van der Waals surface area contributed by atoms with Crippen LogP contribution in [0.4, 0.5) is 11.8 Å². The summed E-state index contributed by atoms with van der Waals surface area (Å²) in [6, 6.07) is 0. The maximum Gasteiger partial charge on any atom is 0.228 e. The Bertz CT molecular complexity index is 1020. The number of nitrogens with zero attached hydrogens (tertiary/aromatic N) is 5. The summed E-state index contributed by atoms with van der Waals surface area (Å²) in [6.07, 6.45) is 9.71. The lowest BCUT2D eigenvalue weighted by atomic mass is 9.77. The molecule has 5 rings (SSSR count). The Balaban J connectivity index is 1.45. The molecule has 8 nitrogen and oxygen atoms in total. The summed E-state index contributed by atoms with van der Waals surface area (Å²) in [7, 11) is -1.12.